The van der Waals surface area contributed by atoms with Crippen LogP contribution in [0, 0.1) is 6.92 Å². The van der Waals surface area contributed by atoms with E-state index < -0.39 is 0 Å². The van der Waals surface area contributed by atoms with E-state index >= 15 is 0 Å². The van der Waals surface area contributed by atoms with Gasteiger partial charge in [0.2, 0.25) is 0 Å². The Morgan fingerprint density at radius 1 is 0.800 bits per heavy atom. The van der Waals surface area contributed by atoms with Crippen molar-refractivity contribution in [3.05, 3.63) is 89.1 Å². The zero-order valence-electron chi connectivity index (χ0n) is 17.2. The molecule has 2 heterocycles. The van der Waals surface area contributed by atoms with Crippen LogP contribution in [0.4, 0.5) is 0 Å². The quantitative estimate of drug-likeness (QED) is 0.298. The molecule has 0 bridgehead atoms. The Kier molecular flexibility index (Phi) is 4.60. The molecular weight excluding hydrogens is 390 g/mol. The molecule has 0 amide bonds. The van der Waals surface area contributed by atoms with Gasteiger partial charge in [-0.05, 0) is 71.5 Å². The fourth-order valence-corrected chi connectivity index (χ4v) is 4.06. The fourth-order valence-electron chi connectivity index (χ4n) is 3.93. The highest BCUT2D eigenvalue weighted by Crippen LogP contribution is 2.35. The van der Waals surface area contributed by atoms with E-state index in [1.807, 2.05) is 30.5 Å². The molecule has 5 rings (SSSR count). The molecule has 0 N–H and O–H groups in total. The van der Waals surface area contributed by atoms with Crippen molar-refractivity contribution in [2.75, 3.05) is 0 Å². The number of furan rings is 1. The van der Waals surface area contributed by atoms with Crippen LogP contribution in [0.25, 0.3) is 44.3 Å². The van der Waals surface area contributed by atoms with Gasteiger partial charge in [0.05, 0.1) is 5.69 Å². The van der Waals surface area contributed by atoms with E-state index in [0.29, 0.717) is 5.92 Å². The van der Waals surface area contributed by atoms with Crippen molar-refractivity contribution < 1.29 is 4.42 Å². The van der Waals surface area contributed by atoms with Crippen LogP contribution >= 0.6 is 11.6 Å². The summed E-state index contributed by atoms with van der Waals surface area (Å²) in [7, 11) is 0. The molecule has 0 aliphatic carbocycles. The molecule has 2 nitrogen and oxygen atoms in total. The van der Waals surface area contributed by atoms with Crippen LogP contribution in [0.3, 0.4) is 0 Å². The molecule has 0 radical (unpaired) electrons. The van der Waals surface area contributed by atoms with Crippen molar-refractivity contribution in [1.82, 2.24) is 4.98 Å². The van der Waals surface area contributed by atoms with Crippen LogP contribution in [0.2, 0.25) is 5.02 Å². The van der Waals surface area contributed by atoms with Crippen molar-refractivity contribution in [2.45, 2.75) is 26.7 Å². The summed E-state index contributed by atoms with van der Waals surface area (Å²) in [6.45, 7) is 6.50. The summed E-state index contributed by atoms with van der Waals surface area (Å²) in [4.78, 5) is 4.63. The highest BCUT2D eigenvalue weighted by atomic mass is 35.5. The van der Waals surface area contributed by atoms with Crippen LogP contribution in [0.1, 0.15) is 30.9 Å². The van der Waals surface area contributed by atoms with Crippen molar-refractivity contribution in [3.63, 3.8) is 0 Å². The molecule has 0 spiro atoms. The normalized spacial score (nSPS) is 11.6. The Balaban J connectivity index is 1.64. The summed E-state index contributed by atoms with van der Waals surface area (Å²) >= 11 is 6.04. The molecule has 5 aromatic rings. The molecule has 0 aliphatic rings. The zero-order chi connectivity index (χ0) is 20.8. The molecule has 30 heavy (non-hydrogen) atoms. The van der Waals surface area contributed by atoms with E-state index in [2.05, 4.69) is 68.2 Å². The molecule has 2 aromatic heterocycles. The third-order valence-electron chi connectivity index (χ3n) is 5.72. The third-order valence-corrected chi connectivity index (χ3v) is 5.97. The van der Waals surface area contributed by atoms with E-state index in [0.717, 1.165) is 49.3 Å². The number of hydrogen-bond acceptors (Lipinski definition) is 2. The zero-order valence-corrected chi connectivity index (χ0v) is 18.0. The van der Waals surface area contributed by atoms with Gasteiger partial charge in [-0.25, -0.2) is 0 Å². The summed E-state index contributed by atoms with van der Waals surface area (Å²) in [5, 5.41) is 3.02. The maximum Gasteiger partial charge on any atom is 0.135 e. The first kappa shape index (κ1) is 18.9. The first-order valence-electron chi connectivity index (χ1n) is 10.2. The Hall–Kier alpha value is -3.10. The lowest BCUT2D eigenvalue weighted by Crippen LogP contribution is -1.89. The molecule has 148 valence electrons. The highest BCUT2D eigenvalue weighted by molar-refractivity contribution is 6.30. The molecule has 0 unspecified atom stereocenters. The number of pyridine rings is 1. The van der Waals surface area contributed by atoms with Gasteiger partial charge < -0.3 is 4.42 Å². The largest absolute Gasteiger partial charge is 0.456 e. The number of benzene rings is 3. The summed E-state index contributed by atoms with van der Waals surface area (Å²) in [5.74, 6) is 0.476. The number of halogens is 1. The first-order chi connectivity index (χ1) is 14.5. The van der Waals surface area contributed by atoms with Crippen molar-refractivity contribution in [3.8, 4) is 22.4 Å². The van der Waals surface area contributed by atoms with Gasteiger partial charge in [-0.3, -0.25) is 4.98 Å². The van der Waals surface area contributed by atoms with Crippen LogP contribution in [0.5, 0.6) is 0 Å². The lowest BCUT2D eigenvalue weighted by molar-refractivity contribution is 0.667. The molecule has 0 saturated heterocycles. The van der Waals surface area contributed by atoms with E-state index in [9.17, 15) is 0 Å². The summed E-state index contributed by atoms with van der Waals surface area (Å²) < 4.78 is 6.14. The molecule has 0 atom stereocenters. The third kappa shape index (κ3) is 3.28. The van der Waals surface area contributed by atoms with Crippen LogP contribution in [-0.2, 0) is 0 Å². The Morgan fingerprint density at radius 2 is 1.57 bits per heavy atom. The second kappa shape index (κ2) is 7.30. The number of hydrogen-bond donors (Lipinski definition) is 0. The summed E-state index contributed by atoms with van der Waals surface area (Å²) in [6.07, 6.45) is 1.94. The Morgan fingerprint density at radius 3 is 2.33 bits per heavy atom. The van der Waals surface area contributed by atoms with E-state index in [4.69, 9.17) is 16.0 Å². The van der Waals surface area contributed by atoms with Crippen LogP contribution in [-0.4, -0.2) is 4.98 Å². The predicted molar refractivity (Wildman–Crippen MR) is 126 cm³/mol. The minimum atomic E-state index is 0.476. The number of aromatic nitrogens is 1. The van der Waals surface area contributed by atoms with Crippen molar-refractivity contribution in [2.24, 2.45) is 0 Å². The highest BCUT2D eigenvalue weighted by Gasteiger charge is 2.12. The fraction of sp³-hybridized carbons (Fsp3) is 0.148. The smallest absolute Gasteiger partial charge is 0.135 e. The molecule has 3 heteroatoms. The standard InChI is InChI=1S/C27H22ClNO/c1-16(2)19-6-10-22-24-12-20(7-11-26(24)30-27(22)13-19)23-14-25(29-15-17(23)3)18-4-8-21(28)9-5-18/h4-16H,1-3H3. The molecule has 0 aliphatic heterocycles. The molecular formula is C27H22ClNO. The maximum atomic E-state index is 6.14. The predicted octanol–water partition coefficient (Wildman–Crippen LogP) is 8.40. The van der Waals surface area contributed by atoms with E-state index in [1.54, 1.807) is 0 Å². The average Bonchev–Trinajstić information content (AvgIpc) is 3.12. The minimum Gasteiger partial charge on any atom is -0.456 e. The number of fused-ring (bicyclic) bond motifs is 3. The van der Waals surface area contributed by atoms with Gasteiger partial charge in [-0.2, -0.15) is 0 Å². The van der Waals surface area contributed by atoms with E-state index in [1.165, 1.54) is 11.1 Å². The molecule has 3 aromatic carbocycles. The SMILES string of the molecule is Cc1cnc(-c2ccc(Cl)cc2)cc1-c1ccc2oc3cc(C(C)C)ccc3c2c1. The number of rotatable bonds is 3. The van der Waals surface area contributed by atoms with Crippen molar-refractivity contribution >= 4 is 33.5 Å². The van der Waals surface area contributed by atoms with Gasteiger partial charge in [0.25, 0.3) is 0 Å². The lowest BCUT2D eigenvalue weighted by Gasteiger charge is -2.09. The topological polar surface area (TPSA) is 26.0 Å². The van der Waals surface area contributed by atoms with Crippen molar-refractivity contribution in [1.29, 1.82) is 0 Å². The molecule has 0 fully saturated rings. The number of aryl methyl sites for hydroxylation is 1. The minimum absolute atomic E-state index is 0.476. The monoisotopic (exact) mass is 411 g/mol. The van der Waals surface area contributed by atoms with Gasteiger partial charge in [0.1, 0.15) is 11.2 Å². The lowest BCUT2D eigenvalue weighted by atomic mass is 9.97. The Labute approximate surface area is 181 Å². The van der Waals surface area contributed by atoms with Gasteiger partial charge >= 0.3 is 0 Å². The Bertz CT molecular complexity index is 1380. The van der Waals surface area contributed by atoms with E-state index in [-0.39, 0.29) is 0 Å². The second-order valence-electron chi connectivity index (χ2n) is 8.11. The first-order valence-corrected chi connectivity index (χ1v) is 10.6. The van der Waals surface area contributed by atoms with Gasteiger partial charge in [0, 0.05) is 27.6 Å². The van der Waals surface area contributed by atoms with Gasteiger partial charge in [-0.1, -0.05) is 55.8 Å². The second-order valence-corrected chi connectivity index (χ2v) is 8.55. The average molecular weight is 412 g/mol. The van der Waals surface area contributed by atoms with Gasteiger partial charge in [0.15, 0.2) is 0 Å². The van der Waals surface area contributed by atoms with Crippen LogP contribution < -0.4 is 0 Å². The van der Waals surface area contributed by atoms with Crippen LogP contribution in [0.15, 0.2) is 77.3 Å². The summed E-state index contributed by atoms with van der Waals surface area (Å²) in [6, 6.07) is 22.9. The molecule has 0 saturated carbocycles. The van der Waals surface area contributed by atoms with Gasteiger partial charge in [-0.15, -0.1) is 0 Å². The number of nitrogens with zero attached hydrogens (tertiary/aromatic N) is 1. The summed E-state index contributed by atoms with van der Waals surface area (Å²) in [5.41, 5.74) is 8.61. The maximum absolute atomic E-state index is 6.14.